The number of hydrogen-bond donors (Lipinski definition) is 1. The molecule has 0 radical (unpaired) electrons. The van der Waals surface area contributed by atoms with E-state index in [1.165, 1.54) is 44.3 Å². The van der Waals surface area contributed by atoms with Crippen LogP contribution in [0.4, 0.5) is 0 Å². The molecule has 98 valence electrons. The van der Waals surface area contributed by atoms with Gasteiger partial charge in [-0.1, -0.05) is 0 Å². The Morgan fingerprint density at radius 2 is 1.72 bits per heavy atom. The predicted octanol–water partition coefficient (Wildman–Crippen LogP) is 1.74. The van der Waals surface area contributed by atoms with E-state index in [0.29, 0.717) is 12.0 Å². The normalized spacial score (nSPS) is 41.6. The number of aromatic nitrogens is 3. The molecule has 0 atom stereocenters. The maximum Gasteiger partial charge on any atom is 0.164 e. The summed E-state index contributed by atoms with van der Waals surface area (Å²) in [6.45, 7) is 0.459. The molecule has 1 aromatic rings. The summed E-state index contributed by atoms with van der Waals surface area (Å²) in [6, 6.07) is 0. The Balaban J connectivity index is 1.76. The highest BCUT2D eigenvalue weighted by Gasteiger charge is 2.53. The molecule has 0 unspecified atom stereocenters. The Kier molecular flexibility index (Phi) is 2.17. The topological polar surface area (TPSA) is 56.7 Å². The minimum Gasteiger partial charge on any atom is -0.324 e. The molecule has 2 N–H and O–H groups in total. The van der Waals surface area contributed by atoms with Gasteiger partial charge in [0.1, 0.15) is 5.82 Å². The minimum atomic E-state index is 0.337. The van der Waals surface area contributed by atoms with Crippen molar-refractivity contribution in [3.05, 3.63) is 11.6 Å². The molecular formula is C14H22N4. The smallest absolute Gasteiger partial charge is 0.164 e. The van der Waals surface area contributed by atoms with Gasteiger partial charge in [-0.05, 0) is 56.3 Å². The maximum atomic E-state index is 5.69. The summed E-state index contributed by atoms with van der Waals surface area (Å²) >= 11 is 0. The van der Waals surface area contributed by atoms with Crippen LogP contribution in [0.3, 0.4) is 0 Å². The van der Waals surface area contributed by atoms with E-state index in [2.05, 4.69) is 5.10 Å². The Morgan fingerprint density at radius 1 is 1.17 bits per heavy atom. The van der Waals surface area contributed by atoms with E-state index in [0.717, 1.165) is 23.6 Å². The SMILES string of the molecule is Cn1nc(CN)nc1C12CC3CC(CC(C3)C1)C2. The van der Waals surface area contributed by atoms with Crippen molar-refractivity contribution in [1.82, 2.24) is 14.8 Å². The summed E-state index contributed by atoms with van der Waals surface area (Å²) in [5.74, 6) is 4.89. The van der Waals surface area contributed by atoms with E-state index in [-0.39, 0.29) is 0 Å². The molecule has 18 heavy (non-hydrogen) atoms. The molecule has 1 aromatic heterocycles. The molecule has 4 bridgehead atoms. The molecule has 4 heteroatoms. The number of nitrogens with two attached hydrogens (primary N) is 1. The maximum absolute atomic E-state index is 5.69. The Morgan fingerprint density at radius 3 is 2.17 bits per heavy atom. The lowest BCUT2D eigenvalue weighted by Crippen LogP contribution is -2.49. The molecule has 4 saturated carbocycles. The van der Waals surface area contributed by atoms with Crippen LogP contribution >= 0.6 is 0 Å². The van der Waals surface area contributed by atoms with Crippen molar-refractivity contribution in [3.8, 4) is 0 Å². The van der Waals surface area contributed by atoms with Crippen LogP contribution in [-0.4, -0.2) is 14.8 Å². The fraction of sp³-hybridized carbons (Fsp3) is 0.857. The molecule has 4 aliphatic rings. The van der Waals surface area contributed by atoms with Crippen molar-refractivity contribution < 1.29 is 0 Å². The van der Waals surface area contributed by atoms with Gasteiger partial charge in [-0.3, -0.25) is 4.68 Å². The van der Waals surface area contributed by atoms with Crippen LogP contribution in [0, 0.1) is 17.8 Å². The minimum absolute atomic E-state index is 0.337. The monoisotopic (exact) mass is 246 g/mol. The first kappa shape index (κ1) is 11.0. The van der Waals surface area contributed by atoms with Crippen molar-refractivity contribution >= 4 is 0 Å². The zero-order chi connectivity index (χ0) is 12.3. The van der Waals surface area contributed by atoms with Gasteiger partial charge in [0.2, 0.25) is 0 Å². The molecule has 4 aliphatic carbocycles. The van der Waals surface area contributed by atoms with Crippen LogP contribution in [0.5, 0.6) is 0 Å². The summed E-state index contributed by atoms with van der Waals surface area (Å²) in [5.41, 5.74) is 6.02. The summed E-state index contributed by atoms with van der Waals surface area (Å²) in [4.78, 5) is 4.75. The average Bonchev–Trinajstić information content (AvgIpc) is 2.69. The zero-order valence-corrected chi connectivity index (χ0v) is 11.1. The van der Waals surface area contributed by atoms with Gasteiger partial charge in [0.05, 0.1) is 6.54 Å². The number of hydrogen-bond acceptors (Lipinski definition) is 3. The van der Waals surface area contributed by atoms with Crippen LogP contribution < -0.4 is 5.73 Å². The predicted molar refractivity (Wildman–Crippen MR) is 68.7 cm³/mol. The third-order valence-corrected chi connectivity index (χ3v) is 5.50. The highest BCUT2D eigenvalue weighted by atomic mass is 15.3. The van der Waals surface area contributed by atoms with E-state index in [1.807, 2.05) is 11.7 Å². The Bertz CT molecular complexity index is 441. The fourth-order valence-electron chi connectivity index (χ4n) is 5.37. The van der Waals surface area contributed by atoms with Gasteiger partial charge < -0.3 is 5.73 Å². The van der Waals surface area contributed by atoms with Crippen molar-refractivity contribution in [2.45, 2.75) is 50.5 Å². The summed E-state index contributed by atoms with van der Waals surface area (Å²) in [6.07, 6.45) is 8.45. The molecule has 4 fully saturated rings. The quantitative estimate of drug-likeness (QED) is 0.864. The van der Waals surface area contributed by atoms with Crippen molar-refractivity contribution in [3.63, 3.8) is 0 Å². The molecular weight excluding hydrogens is 224 g/mol. The number of nitrogens with zero attached hydrogens (tertiary/aromatic N) is 3. The third kappa shape index (κ3) is 1.41. The Labute approximate surface area is 108 Å². The van der Waals surface area contributed by atoms with Crippen molar-refractivity contribution in [2.24, 2.45) is 30.5 Å². The first-order valence-corrected chi connectivity index (χ1v) is 7.29. The van der Waals surface area contributed by atoms with Crippen LogP contribution in [0.25, 0.3) is 0 Å². The highest BCUT2D eigenvalue weighted by Crippen LogP contribution is 2.60. The molecule has 5 rings (SSSR count). The van der Waals surface area contributed by atoms with Crippen LogP contribution in [0.2, 0.25) is 0 Å². The fourth-order valence-corrected chi connectivity index (χ4v) is 5.37. The lowest BCUT2D eigenvalue weighted by Gasteiger charge is -2.56. The summed E-state index contributed by atoms with van der Waals surface area (Å²) < 4.78 is 2.01. The van der Waals surface area contributed by atoms with Gasteiger partial charge in [-0.25, -0.2) is 4.98 Å². The van der Waals surface area contributed by atoms with Crippen molar-refractivity contribution in [2.75, 3.05) is 0 Å². The second kappa shape index (κ2) is 3.56. The van der Waals surface area contributed by atoms with Gasteiger partial charge in [-0.15, -0.1) is 0 Å². The Hall–Kier alpha value is -0.900. The van der Waals surface area contributed by atoms with Gasteiger partial charge >= 0.3 is 0 Å². The van der Waals surface area contributed by atoms with Crippen LogP contribution in [-0.2, 0) is 19.0 Å². The summed E-state index contributed by atoms with van der Waals surface area (Å²) in [5, 5.41) is 4.47. The second-order valence-corrected chi connectivity index (χ2v) is 6.88. The molecule has 4 nitrogen and oxygen atoms in total. The standard InChI is InChI=1S/C14H22N4/c1-18-13(16-12(8-15)17-18)14-5-9-2-10(6-14)4-11(3-9)7-14/h9-11H,2-8,15H2,1H3. The number of aryl methyl sites for hydroxylation is 1. The second-order valence-electron chi connectivity index (χ2n) is 6.88. The average molecular weight is 246 g/mol. The molecule has 0 amide bonds. The van der Waals surface area contributed by atoms with Gasteiger partial charge in [0.25, 0.3) is 0 Å². The lowest BCUT2D eigenvalue weighted by atomic mass is 9.49. The van der Waals surface area contributed by atoms with Gasteiger partial charge in [0.15, 0.2) is 5.82 Å². The van der Waals surface area contributed by atoms with Gasteiger partial charge in [0, 0.05) is 12.5 Å². The van der Waals surface area contributed by atoms with E-state index in [4.69, 9.17) is 10.7 Å². The molecule has 0 aromatic carbocycles. The van der Waals surface area contributed by atoms with Crippen molar-refractivity contribution in [1.29, 1.82) is 0 Å². The number of rotatable bonds is 2. The van der Waals surface area contributed by atoms with Gasteiger partial charge in [-0.2, -0.15) is 5.10 Å². The highest BCUT2D eigenvalue weighted by molar-refractivity contribution is 5.18. The summed E-state index contributed by atoms with van der Waals surface area (Å²) in [7, 11) is 2.04. The molecule has 1 heterocycles. The van der Waals surface area contributed by atoms with E-state index < -0.39 is 0 Å². The first-order valence-electron chi connectivity index (χ1n) is 7.29. The van der Waals surface area contributed by atoms with E-state index in [9.17, 15) is 0 Å². The molecule has 0 spiro atoms. The van der Waals surface area contributed by atoms with E-state index in [1.54, 1.807) is 0 Å². The first-order chi connectivity index (χ1) is 8.68. The zero-order valence-electron chi connectivity index (χ0n) is 11.1. The largest absolute Gasteiger partial charge is 0.324 e. The van der Waals surface area contributed by atoms with Crippen LogP contribution in [0.15, 0.2) is 0 Å². The third-order valence-electron chi connectivity index (χ3n) is 5.50. The molecule has 0 saturated heterocycles. The lowest BCUT2D eigenvalue weighted by molar-refractivity contribution is -0.0110. The van der Waals surface area contributed by atoms with Crippen LogP contribution in [0.1, 0.15) is 50.2 Å². The molecule has 0 aliphatic heterocycles. The van der Waals surface area contributed by atoms with E-state index >= 15 is 0 Å².